The first kappa shape index (κ1) is 46.6. The minimum atomic E-state index is -0.430. The van der Waals surface area contributed by atoms with Gasteiger partial charge in [-0.25, -0.2) is 0 Å². The molecule has 6 nitrogen and oxygen atoms in total. The molecule has 0 spiro atoms. The van der Waals surface area contributed by atoms with Crippen LogP contribution in [0.4, 0.5) is 0 Å². The number of rotatable bonds is 16. The molecule has 0 atom stereocenters. The standard InChI is InChI=1S/C57H68O6/c1-33-17-41(18-34(2)51(33)58-11)25-45-29-49(30-46(55(45)62-15)26-42-19-35(3)52(59-12)36(4)20-42)57(9,10)50-31-47(27-43-21-37(5)53(60-13)38(6)22-43)56(63-16)48(32-50)28-44-23-39(7)54(61-14)40(8)24-44/h17-24,29-32H,25-28H2,1-16H3. The highest BCUT2D eigenvalue weighted by Gasteiger charge is 2.29. The summed E-state index contributed by atoms with van der Waals surface area (Å²) < 4.78 is 35.8. The second-order valence-corrected chi connectivity index (χ2v) is 18.0. The van der Waals surface area contributed by atoms with Gasteiger partial charge in [-0.2, -0.15) is 0 Å². The molecule has 63 heavy (non-hydrogen) atoms. The molecule has 0 N–H and O–H groups in total. The lowest BCUT2D eigenvalue weighted by molar-refractivity contribution is 0.404. The van der Waals surface area contributed by atoms with E-state index >= 15 is 0 Å². The van der Waals surface area contributed by atoms with E-state index in [2.05, 4.69) is 142 Å². The first-order valence-corrected chi connectivity index (χ1v) is 21.9. The number of hydrogen-bond donors (Lipinski definition) is 0. The minimum Gasteiger partial charge on any atom is -0.496 e. The normalized spacial score (nSPS) is 11.4. The summed E-state index contributed by atoms with van der Waals surface area (Å²) in [6, 6.07) is 27.4. The van der Waals surface area contributed by atoms with Gasteiger partial charge in [-0.15, -0.1) is 0 Å². The molecule has 0 bridgehead atoms. The molecule has 6 heteroatoms. The maximum atomic E-state index is 6.39. The number of hydrogen-bond acceptors (Lipinski definition) is 6. The molecule has 6 aromatic carbocycles. The second-order valence-electron chi connectivity index (χ2n) is 18.0. The summed E-state index contributed by atoms with van der Waals surface area (Å²) >= 11 is 0. The smallest absolute Gasteiger partial charge is 0.125 e. The first-order valence-electron chi connectivity index (χ1n) is 21.9. The molecule has 332 valence electrons. The van der Waals surface area contributed by atoms with Crippen molar-refractivity contribution in [3.05, 3.63) is 173 Å². The molecule has 0 fully saturated rings. The van der Waals surface area contributed by atoms with Crippen molar-refractivity contribution >= 4 is 0 Å². The molecule has 0 amide bonds. The second kappa shape index (κ2) is 19.2. The van der Waals surface area contributed by atoms with E-state index in [1.807, 2.05) is 0 Å². The number of methoxy groups -OCH3 is 6. The van der Waals surface area contributed by atoms with Crippen molar-refractivity contribution in [1.82, 2.24) is 0 Å². The average molecular weight is 849 g/mol. The molecule has 0 aromatic heterocycles. The summed E-state index contributed by atoms with van der Waals surface area (Å²) in [6.07, 6.45) is 2.82. The minimum absolute atomic E-state index is 0.430. The fraction of sp³-hybridized carbons (Fsp3) is 0.368. The third kappa shape index (κ3) is 9.71. The van der Waals surface area contributed by atoms with E-state index in [4.69, 9.17) is 28.4 Å². The van der Waals surface area contributed by atoms with Gasteiger partial charge in [0.1, 0.15) is 34.5 Å². The summed E-state index contributed by atoms with van der Waals surface area (Å²) in [7, 11) is 10.6. The van der Waals surface area contributed by atoms with Crippen molar-refractivity contribution in [3.63, 3.8) is 0 Å². The fourth-order valence-electron chi connectivity index (χ4n) is 10.2. The zero-order chi connectivity index (χ0) is 45.9. The summed E-state index contributed by atoms with van der Waals surface area (Å²) in [5.74, 6) is 5.54. The van der Waals surface area contributed by atoms with E-state index in [-0.39, 0.29) is 0 Å². The lowest BCUT2D eigenvalue weighted by Crippen LogP contribution is -2.21. The molecule has 0 saturated carbocycles. The Morgan fingerprint density at radius 1 is 0.286 bits per heavy atom. The third-order valence-corrected chi connectivity index (χ3v) is 12.8. The molecule has 0 radical (unpaired) electrons. The van der Waals surface area contributed by atoms with Crippen LogP contribution in [0.15, 0.2) is 72.8 Å². The van der Waals surface area contributed by atoms with Crippen LogP contribution in [-0.4, -0.2) is 42.7 Å². The van der Waals surface area contributed by atoms with Gasteiger partial charge >= 0.3 is 0 Å². The third-order valence-electron chi connectivity index (χ3n) is 12.8. The molecule has 0 aliphatic rings. The van der Waals surface area contributed by atoms with Crippen molar-refractivity contribution in [2.24, 2.45) is 0 Å². The Hall–Kier alpha value is -5.88. The van der Waals surface area contributed by atoms with Crippen LogP contribution in [0.5, 0.6) is 34.5 Å². The van der Waals surface area contributed by atoms with Gasteiger partial charge in [0.25, 0.3) is 0 Å². The Morgan fingerprint density at radius 2 is 0.460 bits per heavy atom. The van der Waals surface area contributed by atoms with Crippen molar-refractivity contribution in [1.29, 1.82) is 0 Å². The van der Waals surface area contributed by atoms with Gasteiger partial charge in [0.05, 0.1) is 42.7 Å². The quantitative estimate of drug-likeness (QED) is 0.0967. The summed E-state index contributed by atoms with van der Waals surface area (Å²) in [5, 5.41) is 0. The van der Waals surface area contributed by atoms with Gasteiger partial charge in [-0.1, -0.05) is 86.6 Å². The van der Waals surface area contributed by atoms with Crippen molar-refractivity contribution in [2.45, 2.75) is 100 Å². The van der Waals surface area contributed by atoms with Crippen LogP contribution in [0.1, 0.15) is 114 Å². The van der Waals surface area contributed by atoms with Gasteiger partial charge in [-0.05, 0) is 156 Å². The van der Waals surface area contributed by atoms with Gasteiger partial charge in [0.2, 0.25) is 0 Å². The van der Waals surface area contributed by atoms with Crippen molar-refractivity contribution in [3.8, 4) is 34.5 Å². The van der Waals surface area contributed by atoms with E-state index in [9.17, 15) is 0 Å². The number of aryl methyl sites for hydroxylation is 8. The lowest BCUT2D eigenvalue weighted by atomic mass is 9.74. The lowest BCUT2D eigenvalue weighted by Gasteiger charge is -2.31. The Balaban J connectivity index is 1.57. The predicted octanol–water partition coefficient (Wildman–Crippen LogP) is 12.9. The highest BCUT2D eigenvalue weighted by Crippen LogP contribution is 2.42. The zero-order valence-corrected chi connectivity index (χ0v) is 40.7. The Morgan fingerprint density at radius 3 is 0.619 bits per heavy atom. The molecule has 0 aliphatic heterocycles. The van der Waals surface area contributed by atoms with E-state index < -0.39 is 5.41 Å². The predicted molar refractivity (Wildman–Crippen MR) is 259 cm³/mol. The van der Waals surface area contributed by atoms with Crippen LogP contribution in [0.25, 0.3) is 0 Å². The SMILES string of the molecule is COc1c(C)cc(Cc2cc(C(C)(C)c3cc(Cc4cc(C)c(OC)c(C)c4)c(OC)c(Cc4cc(C)c(OC)c(C)c4)c3)cc(Cc3cc(C)c(OC)c(C)c3)c2OC)cc1C. The van der Waals surface area contributed by atoms with E-state index in [0.29, 0.717) is 25.7 Å². The Kier molecular flexibility index (Phi) is 14.2. The number of ether oxygens (including phenoxy) is 6. The van der Waals surface area contributed by atoms with E-state index in [1.54, 1.807) is 42.7 Å². The van der Waals surface area contributed by atoms with E-state index in [0.717, 1.165) is 101 Å². The van der Waals surface area contributed by atoms with Crippen LogP contribution in [0.2, 0.25) is 0 Å². The Labute approximate surface area is 377 Å². The van der Waals surface area contributed by atoms with Crippen molar-refractivity contribution < 1.29 is 28.4 Å². The van der Waals surface area contributed by atoms with Gasteiger partial charge in [0, 0.05) is 31.1 Å². The topological polar surface area (TPSA) is 55.4 Å². The van der Waals surface area contributed by atoms with Gasteiger partial charge < -0.3 is 28.4 Å². The molecular weight excluding hydrogens is 781 g/mol. The maximum Gasteiger partial charge on any atom is 0.125 e. The maximum absolute atomic E-state index is 6.39. The molecular formula is C57H68O6. The summed E-state index contributed by atoms with van der Waals surface area (Å²) in [4.78, 5) is 0. The Bertz CT molecular complexity index is 2210. The molecule has 0 heterocycles. The van der Waals surface area contributed by atoms with Crippen LogP contribution < -0.4 is 28.4 Å². The summed E-state index contributed by atoms with van der Waals surface area (Å²) in [5.41, 5.74) is 20.4. The largest absolute Gasteiger partial charge is 0.496 e. The van der Waals surface area contributed by atoms with Crippen molar-refractivity contribution in [2.75, 3.05) is 42.7 Å². The average Bonchev–Trinajstić information content (AvgIpc) is 3.20. The number of benzene rings is 6. The van der Waals surface area contributed by atoms with Crippen LogP contribution in [0.3, 0.4) is 0 Å². The van der Waals surface area contributed by atoms with E-state index in [1.165, 1.54) is 33.4 Å². The first-order chi connectivity index (χ1) is 30.0. The highest BCUT2D eigenvalue weighted by molar-refractivity contribution is 5.58. The molecule has 6 aromatic rings. The molecule has 0 aliphatic carbocycles. The molecule has 0 unspecified atom stereocenters. The van der Waals surface area contributed by atoms with Crippen LogP contribution in [-0.2, 0) is 31.1 Å². The highest BCUT2D eigenvalue weighted by atomic mass is 16.5. The fourth-order valence-corrected chi connectivity index (χ4v) is 10.2. The van der Waals surface area contributed by atoms with Crippen LogP contribution in [0, 0.1) is 55.4 Å². The van der Waals surface area contributed by atoms with Gasteiger partial charge in [0.15, 0.2) is 0 Å². The molecule has 0 saturated heterocycles. The van der Waals surface area contributed by atoms with Gasteiger partial charge in [-0.3, -0.25) is 0 Å². The van der Waals surface area contributed by atoms with Crippen LogP contribution >= 0.6 is 0 Å². The summed E-state index contributed by atoms with van der Waals surface area (Å²) in [6.45, 7) is 21.7. The zero-order valence-electron chi connectivity index (χ0n) is 40.7. The monoisotopic (exact) mass is 849 g/mol. The molecule has 6 rings (SSSR count).